The minimum atomic E-state index is -0.930. The molecule has 1 N–H and O–H groups in total. The highest BCUT2D eigenvalue weighted by Crippen LogP contribution is 2.08. The Hall–Kier alpha value is -1.84. The fourth-order valence-electron chi connectivity index (χ4n) is 1.79. The lowest BCUT2D eigenvalue weighted by Crippen LogP contribution is -2.31. The van der Waals surface area contributed by atoms with Crippen LogP contribution in [-0.4, -0.2) is 35.5 Å². The molecule has 0 aromatic heterocycles. The van der Waals surface area contributed by atoms with Gasteiger partial charge in [0.05, 0.1) is 5.92 Å². The summed E-state index contributed by atoms with van der Waals surface area (Å²) in [5.74, 6) is -1.68. The lowest BCUT2D eigenvalue weighted by atomic mass is 10.1. The van der Waals surface area contributed by atoms with E-state index in [1.165, 1.54) is 11.1 Å². The predicted octanol–water partition coefficient (Wildman–Crippen LogP) is 2.11. The number of benzene rings is 1. The first kappa shape index (κ1) is 15.2. The SMILES string of the molecule is Cc1cccc(CCN(C)C(=O)CC(C)C(=O)O)c1. The topological polar surface area (TPSA) is 57.6 Å². The summed E-state index contributed by atoms with van der Waals surface area (Å²) in [5.41, 5.74) is 2.39. The molecule has 0 radical (unpaired) electrons. The van der Waals surface area contributed by atoms with E-state index in [1.54, 1.807) is 18.9 Å². The Morgan fingerprint density at radius 2 is 2.05 bits per heavy atom. The molecule has 1 unspecified atom stereocenters. The molecule has 4 heteroatoms. The van der Waals surface area contributed by atoms with Crippen molar-refractivity contribution in [2.24, 2.45) is 5.92 Å². The lowest BCUT2D eigenvalue weighted by molar-refractivity contribution is -0.144. The van der Waals surface area contributed by atoms with Gasteiger partial charge in [-0.1, -0.05) is 36.8 Å². The van der Waals surface area contributed by atoms with Crippen LogP contribution in [0.3, 0.4) is 0 Å². The average molecular weight is 263 g/mol. The van der Waals surface area contributed by atoms with Crippen molar-refractivity contribution in [3.8, 4) is 0 Å². The van der Waals surface area contributed by atoms with Crippen molar-refractivity contribution in [1.82, 2.24) is 4.90 Å². The molecule has 0 aliphatic rings. The first-order valence-corrected chi connectivity index (χ1v) is 6.42. The first-order chi connectivity index (χ1) is 8.90. The zero-order valence-corrected chi connectivity index (χ0v) is 11.7. The van der Waals surface area contributed by atoms with Crippen molar-refractivity contribution >= 4 is 11.9 Å². The highest BCUT2D eigenvalue weighted by molar-refractivity contribution is 5.81. The molecule has 19 heavy (non-hydrogen) atoms. The highest BCUT2D eigenvalue weighted by atomic mass is 16.4. The molecule has 0 bridgehead atoms. The van der Waals surface area contributed by atoms with Crippen molar-refractivity contribution in [3.63, 3.8) is 0 Å². The van der Waals surface area contributed by atoms with Gasteiger partial charge in [0.15, 0.2) is 0 Å². The normalized spacial score (nSPS) is 11.9. The van der Waals surface area contributed by atoms with Crippen LogP contribution in [-0.2, 0) is 16.0 Å². The fraction of sp³-hybridized carbons (Fsp3) is 0.467. The van der Waals surface area contributed by atoms with Gasteiger partial charge in [-0.2, -0.15) is 0 Å². The number of hydrogen-bond acceptors (Lipinski definition) is 2. The van der Waals surface area contributed by atoms with Crippen LogP contribution >= 0.6 is 0 Å². The van der Waals surface area contributed by atoms with E-state index in [9.17, 15) is 9.59 Å². The predicted molar refractivity (Wildman–Crippen MR) is 73.9 cm³/mol. The van der Waals surface area contributed by atoms with E-state index in [2.05, 4.69) is 6.07 Å². The fourth-order valence-corrected chi connectivity index (χ4v) is 1.79. The largest absolute Gasteiger partial charge is 0.481 e. The van der Waals surface area contributed by atoms with E-state index >= 15 is 0 Å². The van der Waals surface area contributed by atoms with Gasteiger partial charge in [-0.15, -0.1) is 0 Å². The number of carboxylic acids is 1. The van der Waals surface area contributed by atoms with Gasteiger partial charge in [-0.3, -0.25) is 9.59 Å². The number of carboxylic acid groups (broad SMARTS) is 1. The van der Waals surface area contributed by atoms with Crippen LogP contribution in [0.1, 0.15) is 24.5 Å². The quantitative estimate of drug-likeness (QED) is 0.855. The number of likely N-dealkylation sites (N-methyl/N-ethyl adjacent to an activating group) is 1. The van der Waals surface area contributed by atoms with Crippen molar-refractivity contribution in [2.75, 3.05) is 13.6 Å². The summed E-state index contributed by atoms with van der Waals surface area (Å²) in [7, 11) is 1.71. The number of rotatable bonds is 6. The smallest absolute Gasteiger partial charge is 0.306 e. The first-order valence-electron chi connectivity index (χ1n) is 6.42. The molecule has 0 saturated carbocycles. The second kappa shape index (κ2) is 6.92. The van der Waals surface area contributed by atoms with Crippen molar-refractivity contribution in [1.29, 1.82) is 0 Å². The molecule has 1 aromatic rings. The van der Waals surface area contributed by atoms with Crippen molar-refractivity contribution in [3.05, 3.63) is 35.4 Å². The molecule has 0 aliphatic carbocycles. The molecule has 0 fully saturated rings. The summed E-state index contributed by atoms with van der Waals surface area (Å²) in [5, 5.41) is 8.78. The molecule has 0 aliphatic heterocycles. The molecule has 1 rings (SSSR count). The maximum Gasteiger partial charge on any atom is 0.306 e. The van der Waals surface area contributed by atoms with Gasteiger partial charge >= 0.3 is 5.97 Å². The van der Waals surface area contributed by atoms with Crippen LogP contribution in [0.25, 0.3) is 0 Å². The van der Waals surface area contributed by atoms with Crippen LogP contribution < -0.4 is 0 Å². The molecule has 104 valence electrons. The van der Waals surface area contributed by atoms with Gasteiger partial charge in [0, 0.05) is 20.0 Å². The lowest BCUT2D eigenvalue weighted by Gasteiger charge is -2.18. The minimum Gasteiger partial charge on any atom is -0.481 e. The van der Waals surface area contributed by atoms with Crippen molar-refractivity contribution in [2.45, 2.75) is 26.7 Å². The Morgan fingerprint density at radius 3 is 2.63 bits per heavy atom. The second-order valence-corrected chi connectivity index (χ2v) is 5.00. The molecule has 1 atom stereocenters. The molecule has 0 saturated heterocycles. The van der Waals surface area contributed by atoms with Crippen LogP contribution in [0.15, 0.2) is 24.3 Å². The third kappa shape index (κ3) is 5.12. The molecular weight excluding hydrogens is 242 g/mol. The summed E-state index contributed by atoms with van der Waals surface area (Å²) in [4.78, 5) is 24.1. The van der Waals surface area contributed by atoms with Gasteiger partial charge in [0.25, 0.3) is 0 Å². The summed E-state index contributed by atoms with van der Waals surface area (Å²) in [6, 6.07) is 8.16. The Morgan fingerprint density at radius 1 is 1.37 bits per heavy atom. The number of carbonyl (C=O) groups is 2. The zero-order valence-electron chi connectivity index (χ0n) is 11.7. The zero-order chi connectivity index (χ0) is 14.4. The van der Waals surface area contributed by atoms with Gasteiger partial charge in [-0.05, 0) is 18.9 Å². The number of hydrogen-bond donors (Lipinski definition) is 1. The van der Waals surface area contributed by atoms with Crippen LogP contribution in [0.5, 0.6) is 0 Å². The molecule has 0 heterocycles. The van der Waals surface area contributed by atoms with Crippen LogP contribution in [0.4, 0.5) is 0 Å². The number of carbonyl (C=O) groups excluding carboxylic acids is 1. The van der Waals surface area contributed by atoms with Crippen LogP contribution in [0.2, 0.25) is 0 Å². The Kier molecular flexibility index (Phi) is 5.55. The molecule has 4 nitrogen and oxygen atoms in total. The van der Waals surface area contributed by atoms with E-state index in [0.29, 0.717) is 6.54 Å². The maximum absolute atomic E-state index is 11.8. The molecular formula is C15H21NO3. The van der Waals surface area contributed by atoms with Gasteiger partial charge < -0.3 is 10.0 Å². The second-order valence-electron chi connectivity index (χ2n) is 5.00. The number of nitrogens with zero attached hydrogens (tertiary/aromatic N) is 1. The Balaban J connectivity index is 2.44. The summed E-state index contributed by atoms with van der Waals surface area (Å²) in [6.07, 6.45) is 0.838. The third-order valence-electron chi connectivity index (χ3n) is 3.15. The van der Waals surface area contributed by atoms with E-state index in [0.717, 1.165) is 6.42 Å². The molecule has 0 spiro atoms. The molecule has 1 aromatic carbocycles. The van der Waals surface area contributed by atoms with Crippen molar-refractivity contribution < 1.29 is 14.7 Å². The number of amides is 1. The standard InChI is InChI=1S/C15H21NO3/c1-11-5-4-6-13(9-11)7-8-16(3)14(17)10-12(2)15(18)19/h4-6,9,12H,7-8,10H2,1-3H3,(H,18,19). The van der Waals surface area contributed by atoms with Gasteiger partial charge in [0.2, 0.25) is 5.91 Å². The highest BCUT2D eigenvalue weighted by Gasteiger charge is 2.18. The van der Waals surface area contributed by atoms with E-state index < -0.39 is 11.9 Å². The van der Waals surface area contributed by atoms with Gasteiger partial charge in [0.1, 0.15) is 0 Å². The third-order valence-corrected chi connectivity index (χ3v) is 3.15. The summed E-state index contributed by atoms with van der Waals surface area (Å²) in [6.45, 7) is 4.19. The van der Waals surface area contributed by atoms with E-state index in [4.69, 9.17) is 5.11 Å². The van der Waals surface area contributed by atoms with Gasteiger partial charge in [-0.25, -0.2) is 0 Å². The minimum absolute atomic E-state index is 0.0552. The number of aliphatic carboxylic acids is 1. The van der Waals surface area contributed by atoms with Crippen LogP contribution in [0, 0.1) is 12.8 Å². The molecule has 1 amide bonds. The number of aryl methyl sites for hydroxylation is 1. The maximum atomic E-state index is 11.8. The summed E-state index contributed by atoms with van der Waals surface area (Å²) >= 11 is 0. The monoisotopic (exact) mass is 263 g/mol. The average Bonchev–Trinajstić information content (AvgIpc) is 2.35. The Labute approximate surface area is 114 Å². The Bertz CT molecular complexity index is 456. The summed E-state index contributed by atoms with van der Waals surface area (Å²) < 4.78 is 0. The van der Waals surface area contributed by atoms with E-state index in [-0.39, 0.29) is 12.3 Å². The van der Waals surface area contributed by atoms with E-state index in [1.807, 2.05) is 25.1 Å².